The van der Waals surface area contributed by atoms with Crippen LogP contribution in [0.2, 0.25) is 0 Å². The first-order chi connectivity index (χ1) is 14.2. The van der Waals surface area contributed by atoms with Crippen molar-refractivity contribution in [1.82, 2.24) is 9.55 Å². The Morgan fingerprint density at radius 1 is 1.17 bits per heavy atom. The topological polar surface area (TPSA) is 39.4 Å². The molecular weight excluding hydrogens is 372 g/mol. The Morgan fingerprint density at radius 3 is 2.59 bits per heavy atom. The van der Waals surface area contributed by atoms with E-state index in [1.54, 1.807) is 23.3 Å². The standard InChI is InChI=1S/C23H19F2N3O/c24-21-12-19(13-22(25)20(21)9-8-17-6-7-17)23(14-28-11-10-26-16-28)27-29-15-18-4-2-1-3-5-18/h1-5,10-13,16-17H,6-7,14-15H2/b27-23+. The van der Waals surface area contributed by atoms with Crippen LogP contribution in [0.15, 0.2) is 66.3 Å². The molecule has 0 aliphatic heterocycles. The van der Waals surface area contributed by atoms with Crippen LogP contribution in [0.1, 0.15) is 29.5 Å². The van der Waals surface area contributed by atoms with Gasteiger partial charge < -0.3 is 9.40 Å². The van der Waals surface area contributed by atoms with Gasteiger partial charge in [0, 0.05) is 23.9 Å². The van der Waals surface area contributed by atoms with E-state index in [1.165, 1.54) is 12.1 Å². The lowest BCUT2D eigenvalue weighted by molar-refractivity contribution is 0.130. The van der Waals surface area contributed by atoms with Crippen molar-refractivity contribution in [3.05, 3.63) is 89.5 Å². The van der Waals surface area contributed by atoms with E-state index in [2.05, 4.69) is 22.0 Å². The highest BCUT2D eigenvalue weighted by Crippen LogP contribution is 2.28. The van der Waals surface area contributed by atoms with E-state index in [9.17, 15) is 8.78 Å². The SMILES string of the molecule is Fc1cc(/C(Cn2ccnc2)=N/OCc2ccccc2)cc(F)c1C#CC1CC1. The average molecular weight is 391 g/mol. The number of nitrogens with zero attached hydrogens (tertiary/aromatic N) is 3. The second kappa shape index (κ2) is 8.70. The molecule has 1 heterocycles. The average Bonchev–Trinajstić information content (AvgIpc) is 3.40. The van der Waals surface area contributed by atoms with Crippen molar-refractivity contribution in [2.24, 2.45) is 11.1 Å². The maximum absolute atomic E-state index is 14.6. The molecule has 0 N–H and O–H groups in total. The minimum Gasteiger partial charge on any atom is -0.391 e. The van der Waals surface area contributed by atoms with Crippen LogP contribution >= 0.6 is 0 Å². The Kier molecular flexibility index (Phi) is 5.66. The molecule has 1 fully saturated rings. The summed E-state index contributed by atoms with van der Waals surface area (Å²) in [6.45, 7) is 0.519. The molecule has 0 bridgehead atoms. The molecule has 0 unspecified atom stereocenters. The van der Waals surface area contributed by atoms with Gasteiger partial charge in [0.05, 0.1) is 18.4 Å². The van der Waals surface area contributed by atoms with Gasteiger partial charge in [0.2, 0.25) is 0 Å². The Morgan fingerprint density at radius 2 is 1.93 bits per heavy atom. The number of oxime groups is 1. The molecule has 0 radical (unpaired) electrons. The maximum atomic E-state index is 14.6. The van der Waals surface area contributed by atoms with E-state index < -0.39 is 11.6 Å². The van der Waals surface area contributed by atoms with Crippen LogP contribution in [0.5, 0.6) is 0 Å². The molecule has 1 aliphatic carbocycles. The van der Waals surface area contributed by atoms with Crippen LogP contribution in [-0.4, -0.2) is 15.3 Å². The van der Waals surface area contributed by atoms with Gasteiger partial charge in [-0.2, -0.15) is 0 Å². The number of hydrogen-bond acceptors (Lipinski definition) is 3. The highest BCUT2D eigenvalue weighted by molar-refractivity contribution is 6.00. The molecule has 1 saturated carbocycles. The Bertz CT molecular complexity index is 1040. The summed E-state index contributed by atoms with van der Waals surface area (Å²) >= 11 is 0. The van der Waals surface area contributed by atoms with Gasteiger partial charge in [0.25, 0.3) is 0 Å². The minimum atomic E-state index is -0.699. The van der Waals surface area contributed by atoms with Crippen molar-refractivity contribution >= 4 is 5.71 Å². The summed E-state index contributed by atoms with van der Waals surface area (Å²) in [5.74, 6) is 4.39. The molecule has 0 amide bonds. The number of halogens is 2. The molecule has 1 aliphatic rings. The largest absolute Gasteiger partial charge is 0.391 e. The Balaban J connectivity index is 1.59. The summed E-state index contributed by atoms with van der Waals surface area (Å²) in [4.78, 5) is 9.46. The molecule has 4 rings (SSSR count). The number of aromatic nitrogens is 2. The van der Waals surface area contributed by atoms with Gasteiger partial charge in [-0.1, -0.05) is 47.3 Å². The summed E-state index contributed by atoms with van der Waals surface area (Å²) in [6, 6.07) is 12.1. The van der Waals surface area contributed by atoms with Crippen molar-refractivity contribution in [2.75, 3.05) is 0 Å². The fourth-order valence-corrected chi connectivity index (χ4v) is 2.75. The lowest BCUT2D eigenvalue weighted by atomic mass is 10.1. The summed E-state index contributed by atoms with van der Waals surface area (Å²) in [7, 11) is 0. The van der Waals surface area contributed by atoms with E-state index in [4.69, 9.17) is 4.84 Å². The predicted molar refractivity (Wildman–Crippen MR) is 106 cm³/mol. The molecule has 146 valence electrons. The molecule has 29 heavy (non-hydrogen) atoms. The molecule has 2 aromatic carbocycles. The highest BCUT2D eigenvalue weighted by Gasteiger charge is 2.19. The van der Waals surface area contributed by atoms with Gasteiger partial charge in [-0.3, -0.25) is 0 Å². The molecule has 0 atom stereocenters. The fraction of sp³-hybridized carbons (Fsp3) is 0.217. The summed E-state index contributed by atoms with van der Waals surface area (Å²) < 4.78 is 30.9. The van der Waals surface area contributed by atoms with Crippen molar-refractivity contribution < 1.29 is 13.6 Å². The fourth-order valence-electron chi connectivity index (χ4n) is 2.75. The first-order valence-electron chi connectivity index (χ1n) is 9.38. The van der Waals surface area contributed by atoms with Gasteiger partial charge in [-0.25, -0.2) is 13.8 Å². The predicted octanol–water partition coefficient (Wildman–Crippen LogP) is 4.54. The molecule has 0 saturated heterocycles. The van der Waals surface area contributed by atoms with Crippen LogP contribution in [0.25, 0.3) is 0 Å². The van der Waals surface area contributed by atoms with Crippen LogP contribution < -0.4 is 0 Å². The van der Waals surface area contributed by atoms with Crippen LogP contribution in [0.4, 0.5) is 8.78 Å². The van der Waals surface area contributed by atoms with Crippen molar-refractivity contribution in [3.8, 4) is 11.8 Å². The van der Waals surface area contributed by atoms with E-state index in [-0.39, 0.29) is 24.6 Å². The first kappa shape index (κ1) is 18.9. The second-order valence-electron chi connectivity index (χ2n) is 6.89. The quantitative estimate of drug-likeness (QED) is 0.351. The van der Waals surface area contributed by atoms with Gasteiger partial charge in [0.15, 0.2) is 0 Å². The normalized spacial score (nSPS) is 13.7. The number of rotatable bonds is 6. The van der Waals surface area contributed by atoms with E-state index in [0.717, 1.165) is 18.4 Å². The van der Waals surface area contributed by atoms with Crippen LogP contribution in [0.3, 0.4) is 0 Å². The molecule has 6 heteroatoms. The second-order valence-corrected chi connectivity index (χ2v) is 6.89. The minimum absolute atomic E-state index is 0.201. The van der Waals surface area contributed by atoms with E-state index in [0.29, 0.717) is 11.3 Å². The highest BCUT2D eigenvalue weighted by atomic mass is 19.1. The third-order valence-corrected chi connectivity index (χ3v) is 4.49. The van der Waals surface area contributed by atoms with Gasteiger partial charge in [0.1, 0.15) is 24.0 Å². The zero-order chi connectivity index (χ0) is 20.1. The number of hydrogen-bond donors (Lipinski definition) is 0. The Labute approximate surface area is 167 Å². The van der Waals surface area contributed by atoms with Crippen molar-refractivity contribution in [1.29, 1.82) is 0 Å². The lowest BCUT2D eigenvalue weighted by Crippen LogP contribution is -2.13. The molecule has 4 nitrogen and oxygen atoms in total. The molecule has 1 aromatic heterocycles. The molecule has 0 spiro atoms. The van der Waals surface area contributed by atoms with E-state index in [1.807, 2.05) is 30.3 Å². The monoisotopic (exact) mass is 391 g/mol. The van der Waals surface area contributed by atoms with Crippen LogP contribution in [-0.2, 0) is 18.0 Å². The third-order valence-electron chi connectivity index (χ3n) is 4.49. The van der Waals surface area contributed by atoms with Gasteiger partial charge >= 0.3 is 0 Å². The van der Waals surface area contributed by atoms with Gasteiger partial charge in [-0.15, -0.1) is 0 Å². The number of benzene rings is 2. The zero-order valence-corrected chi connectivity index (χ0v) is 15.7. The third kappa shape index (κ3) is 5.08. The van der Waals surface area contributed by atoms with Crippen molar-refractivity contribution in [3.63, 3.8) is 0 Å². The summed E-state index contributed by atoms with van der Waals surface area (Å²) in [5.41, 5.74) is 1.44. The Hall–Kier alpha value is -3.46. The van der Waals surface area contributed by atoms with Crippen molar-refractivity contribution in [2.45, 2.75) is 26.0 Å². The lowest BCUT2D eigenvalue weighted by Gasteiger charge is -2.10. The molecular formula is C23H19F2N3O. The first-order valence-corrected chi connectivity index (χ1v) is 9.38. The summed E-state index contributed by atoms with van der Waals surface area (Å²) in [5, 5.41) is 4.16. The smallest absolute Gasteiger partial charge is 0.142 e. The molecule has 3 aromatic rings. The summed E-state index contributed by atoms with van der Waals surface area (Å²) in [6.07, 6.45) is 6.97. The maximum Gasteiger partial charge on any atom is 0.142 e. The van der Waals surface area contributed by atoms with E-state index >= 15 is 0 Å². The zero-order valence-electron chi connectivity index (χ0n) is 15.7. The van der Waals surface area contributed by atoms with Gasteiger partial charge in [-0.05, 0) is 30.5 Å². The van der Waals surface area contributed by atoms with Crippen LogP contribution in [0, 0.1) is 29.4 Å². The number of imidazole rings is 1.